The third-order valence-corrected chi connectivity index (χ3v) is 4.13. The van der Waals surface area contributed by atoms with Gasteiger partial charge in [0.2, 0.25) is 0 Å². The van der Waals surface area contributed by atoms with Crippen LogP contribution in [-0.4, -0.2) is 18.7 Å². The van der Waals surface area contributed by atoms with Crippen LogP contribution in [0.1, 0.15) is 57.1 Å². The maximum atomic E-state index is 6.03. The lowest BCUT2D eigenvalue weighted by Crippen LogP contribution is -2.37. The van der Waals surface area contributed by atoms with E-state index in [2.05, 4.69) is 44.3 Å². The molecule has 20 heavy (non-hydrogen) atoms. The normalized spacial score (nSPS) is 18.6. The van der Waals surface area contributed by atoms with Crippen LogP contribution in [0.5, 0.6) is 5.75 Å². The van der Waals surface area contributed by atoms with Crippen molar-refractivity contribution in [2.45, 2.75) is 71.4 Å². The van der Waals surface area contributed by atoms with Gasteiger partial charge >= 0.3 is 0 Å². The molecule has 1 aromatic carbocycles. The Labute approximate surface area is 123 Å². The molecule has 0 bridgehead atoms. The first-order valence-electron chi connectivity index (χ1n) is 8.22. The number of nitrogens with one attached hydrogen (secondary N) is 1. The Morgan fingerprint density at radius 1 is 1.25 bits per heavy atom. The first-order chi connectivity index (χ1) is 9.72. The summed E-state index contributed by atoms with van der Waals surface area (Å²) < 4.78 is 6.03. The van der Waals surface area contributed by atoms with Crippen LogP contribution in [0.25, 0.3) is 0 Å². The third-order valence-electron chi connectivity index (χ3n) is 4.13. The number of fused-ring (bicyclic) bond motifs is 1. The molecule has 0 amide bonds. The molecule has 1 aromatic rings. The van der Waals surface area contributed by atoms with Gasteiger partial charge in [0, 0.05) is 19.0 Å². The van der Waals surface area contributed by atoms with E-state index in [4.69, 9.17) is 4.74 Å². The largest absolute Gasteiger partial charge is 0.488 e. The van der Waals surface area contributed by atoms with E-state index in [1.807, 2.05) is 0 Å². The monoisotopic (exact) mass is 275 g/mol. The predicted octanol–water partition coefficient (Wildman–Crippen LogP) is 4.25. The SMILES string of the molecule is CCCCC(CCC)NCC1Cc2cc(C)ccc2O1. The first kappa shape index (κ1) is 15.4. The molecule has 1 heterocycles. The predicted molar refractivity (Wildman–Crippen MR) is 85.5 cm³/mol. The van der Waals surface area contributed by atoms with Crippen LogP contribution in [0.2, 0.25) is 0 Å². The van der Waals surface area contributed by atoms with Gasteiger partial charge in [-0.25, -0.2) is 0 Å². The molecule has 2 atom stereocenters. The molecule has 0 spiro atoms. The summed E-state index contributed by atoms with van der Waals surface area (Å²) >= 11 is 0. The number of hydrogen-bond donors (Lipinski definition) is 1. The van der Waals surface area contributed by atoms with Gasteiger partial charge in [0.15, 0.2) is 0 Å². The molecule has 0 aromatic heterocycles. The molecule has 2 heteroatoms. The van der Waals surface area contributed by atoms with Crippen molar-refractivity contribution in [2.75, 3.05) is 6.54 Å². The van der Waals surface area contributed by atoms with Crippen molar-refractivity contribution in [2.24, 2.45) is 0 Å². The van der Waals surface area contributed by atoms with Crippen LogP contribution < -0.4 is 10.1 Å². The van der Waals surface area contributed by atoms with Crippen molar-refractivity contribution in [1.82, 2.24) is 5.32 Å². The Hall–Kier alpha value is -1.02. The van der Waals surface area contributed by atoms with Gasteiger partial charge in [-0.1, -0.05) is 50.8 Å². The van der Waals surface area contributed by atoms with Gasteiger partial charge in [0.25, 0.3) is 0 Å². The van der Waals surface area contributed by atoms with E-state index in [1.54, 1.807) is 0 Å². The van der Waals surface area contributed by atoms with E-state index in [9.17, 15) is 0 Å². The van der Waals surface area contributed by atoms with E-state index in [0.717, 1.165) is 18.7 Å². The van der Waals surface area contributed by atoms with Crippen LogP contribution in [0.3, 0.4) is 0 Å². The van der Waals surface area contributed by atoms with E-state index in [0.29, 0.717) is 12.1 Å². The zero-order valence-electron chi connectivity index (χ0n) is 13.2. The lowest BCUT2D eigenvalue weighted by molar-refractivity contribution is 0.218. The van der Waals surface area contributed by atoms with Crippen LogP contribution in [0, 0.1) is 6.92 Å². The molecule has 2 nitrogen and oxygen atoms in total. The highest BCUT2D eigenvalue weighted by molar-refractivity contribution is 5.40. The molecule has 1 aliphatic rings. The number of hydrogen-bond acceptors (Lipinski definition) is 2. The Kier molecular flexibility index (Phi) is 5.90. The molecule has 0 aliphatic carbocycles. The fourth-order valence-electron chi connectivity index (χ4n) is 3.01. The van der Waals surface area contributed by atoms with Crippen molar-refractivity contribution >= 4 is 0 Å². The maximum Gasteiger partial charge on any atom is 0.123 e. The summed E-state index contributed by atoms with van der Waals surface area (Å²) in [4.78, 5) is 0. The standard InChI is InChI=1S/C18H29NO/c1-4-6-8-16(7-5-2)19-13-17-12-15-11-14(3)9-10-18(15)20-17/h9-11,16-17,19H,4-8,12-13H2,1-3H3. The average Bonchev–Trinajstić information content (AvgIpc) is 2.83. The minimum absolute atomic E-state index is 0.313. The molecule has 0 saturated heterocycles. The summed E-state index contributed by atoms with van der Waals surface area (Å²) in [6.45, 7) is 7.66. The minimum Gasteiger partial charge on any atom is -0.488 e. The van der Waals surface area contributed by atoms with Crippen LogP contribution in [0.4, 0.5) is 0 Å². The lowest BCUT2D eigenvalue weighted by atomic mass is 10.0. The van der Waals surface area contributed by atoms with Crippen molar-refractivity contribution in [3.8, 4) is 5.75 Å². The quantitative estimate of drug-likeness (QED) is 0.766. The van der Waals surface area contributed by atoms with E-state index in [1.165, 1.54) is 43.2 Å². The number of unbranched alkanes of at least 4 members (excludes halogenated alkanes) is 1. The molecule has 0 saturated carbocycles. The molecule has 1 N–H and O–H groups in total. The lowest BCUT2D eigenvalue weighted by Gasteiger charge is -2.20. The number of ether oxygens (including phenoxy) is 1. The Balaban J connectivity index is 1.80. The molecular weight excluding hydrogens is 246 g/mol. The van der Waals surface area contributed by atoms with Gasteiger partial charge in [0.1, 0.15) is 11.9 Å². The van der Waals surface area contributed by atoms with Gasteiger partial charge in [-0.3, -0.25) is 0 Å². The van der Waals surface area contributed by atoms with Gasteiger partial charge in [-0.05, 0) is 31.4 Å². The van der Waals surface area contributed by atoms with Gasteiger partial charge in [0.05, 0.1) is 0 Å². The van der Waals surface area contributed by atoms with Crippen LogP contribution in [0.15, 0.2) is 18.2 Å². The Morgan fingerprint density at radius 3 is 2.85 bits per heavy atom. The summed E-state index contributed by atoms with van der Waals surface area (Å²) in [5.74, 6) is 1.09. The third kappa shape index (κ3) is 4.24. The maximum absolute atomic E-state index is 6.03. The second kappa shape index (κ2) is 7.68. The number of aryl methyl sites for hydroxylation is 1. The van der Waals surface area contributed by atoms with Crippen molar-refractivity contribution in [3.05, 3.63) is 29.3 Å². The number of benzene rings is 1. The van der Waals surface area contributed by atoms with E-state index in [-0.39, 0.29) is 0 Å². The Morgan fingerprint density at radius 2 is 2.10 bits per heavy atom. The van der Waals surface area contributed by atoms with Crippen LogP contribution in [-0.2, 0) is 6.42 Å². The summed E-state index contributed by atoms with van der Waals surface area (Å²) in [7, 11) is 0. The highest BCUT2D eigenvalue weighted by Crippen LogP contribution is 2.29. The molecule has 2 rings (SSSR count). The minimum atomic E-state index is 0.313. The van der Waals surface area contributed by atoms with E-state index >= 15 is 0 Å². The van der Waals surface area contributed by atoms with Crippen molar-refractivity contribution in [1.29, 1.82) is 0 Å². The first-order valence-corrected chi connectivity index (χ1v) is 8.22. The highest BCUT2D eigenvalue weighted by atomic mass is 16.5. The topological polar surface area (TPSA) is 21.3 Å². The number of rotatable bonds is 8. The molecule has 1 aliphatic heterocycles. The molecule has 2 unspecified atom stereocenters. The van der Waals surface area contributed by atoms with Gasteiger partial charge in [-0.2, -0.15) is 0 Å². The molecule has 0 radical (unpaired) electrons. The summed E-state index contributed by atoms with van der Waals surface area (Å²) in [6.07, 6.45) is 7.80. The smallest absolute Gasteiger partial charge is 0.123 e. The second-order valence-corrected chi connectivity index (χ2v) is 6.09. The second-order valence-electron chi connectivity index (χ2n) is 6.09. The van der Waals surface area contributed by atoms with Gasteiger partial charge in [-0.15, -0.1) is 0 Å². The molecular formula is C18H29NO. The zero-order chi connectivity index (χ0) is 14.4. The average molecular weight is 275 g/mol. The van der Waals surface area contributed by atoms with E-state index < -0.39 is 0 Å². The molecule has 112 valence electrons. The fraction of sp³-hybridized carbons (Fsp3) is 0.667. The summed E-state index contributed by atoms with van der Waals surface area (Å²) in [5, 5.41) is 3.72. The van der Waals surface area contributed by atoms with Crippen LogP contribution >= 0.6 is 0 Å². The Bertz CT molecular complexity index is 416. The summed E-state index contributed by atoms with van der Waals surface area (Å²) in [5.41, 5.74) is 2.70. The zero-order valence-corrected chi connectivity index (χ0v) is 13.2. The summed E-state index contributed by atoms with van der Waals surface area (Å²) in [6, 6.07) is 7.17. The highest BCUT2D eigenvalue weighted by Gasteiger charge is 2.23. The van der Waals surface area contributed by atoms with Crippen molar-refractivity contribution < 1.29 is 4.74 Å². The van der Waals surface area contributed by atoms with Crippen molar-refractivity contribution in [3.63, 3.8) is 0 Å². The van der Waals surface area contributed by atoms with Gasteiger partial charge < -0.3 is 10.1 Å². The fourth-order valence-corrected chi connectivity index (χ4v) is 3.01. The molecule has 0 fully saturated rings.